The zero-order valence-electron chi connectivity index (χ0n) is 10.7. The number of rotatable bonds is 3. The molecule has 2 aromatic heterocycles. The molecule has 22 heavy (non-hydrogen) atoms. The topological polar surface area (TPSA) is 60.8 Å². The Bertz CT molecular complexity index is 826. The average Bonchev–Trinajstić information content (AvgIpc) is 2.48. The van der Waals surface area contributed by atoms with Gasteiger partial charge in [-0.2, -0.15) is 8.78 Å². The van der Waals surface area contributed by atoms with E-state index in [1.54, 1.807) is 18.2 Å². The zero-order chi connectivity index (χ0) is 15.7. The lowest BCUT2D eigenvalue weighted by molar-refractivity contribution is 0.0849. The predicted molar refractivity (Wildman–Crippen MR) is 79.1 cm³/mol. The van der Waals surface area contributed by atoms with Crippen molar-refractivity contribution < 1.29 is 13.5 Å². The molecule has 0 atom stereocenters. The highest BCUT2D eigenvalue weighted by Gasteiger charge is 2.32. The summed E-state index contributed by atoms with van der Waals surface area (Å²) in [5, 5.41) is -3.18. The maximum Gasteiger partial charge on any atom is 0.381 e. The van der Waals surface area contributed by atoms with Crippen molar-refractivity contribution in [3.8, 4) is 11.8 Å². The molecule has 0 saturated carbocycles. The lowest BCUT2D eigenvalue weighted by Gasteiger charge is -2.09. The molecule has 112 valence electrons. The first kappa shape index (κ1) is 15.0. The van der Waals surface area contributed by atoms with Crippen molar-refractivity contribution in [3.63, 3.8) is 0 Å². The zero-order valence-corrected chi connectivity index (χ0v) is 13.0. The minimum Gasteiger partial charge on any atom is -0.424 e. The van der Waals surface area contributed by atoms with Gasteiger partial charge in [0.05, 0.1) is 15.4 Å². The minimum absolute atomic E-state index is 0.113. The van der Waals surface area contributed by atoms with Crippen LogP contribution >= 0.6 is 27.5 Å². The van der Waals surface area contributed by atoms with E-state index >= 15 is 0 Å². The first-order valence-electron chi connectivity index (χ1n) is 5.92. The van der Waals surface area contributed by atoms with E-state index in [0.717, 1.165) is 0 Å². The molecule has 0 unspecified atom stereocenters. The molecule has 0 aliphatic carbocycles. The van der Waals surface area contributed by atoms with Gasteiger partial charge in [0.1, 0.15) is 5.75 Å². The van der Waals surface area contributed by atoms with Gasteiger partial charge in [0, 0.05) is 18.6 Å². The molecule has 0 N–H and O–H groups in total. The van der Waals surface area contributed by atoms with Crippen LogP contribution in [0, 0.1) is 0 Å². The molecule has 9 heteroatoms. The number of halogens is 4. The molecule has 0 bridgehead atoms. The second-order valence-electron chi connectivity index (χ2n) is 4.17. The Morgan fingerprint density at radius 2 is 1.82 bits per heavy atom. The van der Waals surface area contributed by atoms with Crippen LogP contribution in [0.5, 0.6) is 11.8 Å². The van der Waals surface area contributed by atoms with E-state index in [0.29, 0.717) is 15.6 Å². The van der Waals surface area contributed by atoms with E-state index in [4.69, 9.17) is 16.3 Å². The van der Waals surface area contributed by atoms with Gasteiger partial charge in [-0.05, 0) is 39.7 Å². The summed E-state index contributed by atoms with van der Waals surface area (Å²) in [4.78, 5) is 15.3. The average molecular weight is 388 g/mol. The summed E-state index contributed by atoms with van der Waals surface area (Å²) in [5.74, 6) is -0.414. The fraction of sp³-hybridized carbons (Fsp3) is 0.0769. The first-order chi connectivity index (χ1) is 10.4. The highest BCUT2D eigenvalue weighted by Crippen LogP contribution is 2.32. The molecule has 0 saturated heterocycles. The number of benzene rings is 1. The number of fused-ring (bicyclic) bond motifs is 1. The van der Waals surface area contributed by atoms with Crippen LogP contribution in [0.2, 0.25) is 0 Å². The minimum atomic E-state index is -3.63. The Morgan fingerprint density at radius 3 is 2.50 bits per heavy atom. The van der Waals surface area contributed by atoms with Crippen LogP contribution in [0.25, 0.3) is 10.9 Å². The Kier molecular flexibility index (Phi) is 3.88. The lowest BCUT2D eigenvalue weighted by Crippen LogP contribution is -2.09. The van der Waals surface area contributed by atoms with Crippen molar-refractivity contribution in [2.75, 3.05) is 0 Å². The number of ether oxygens (including phenoxy) is 1. The van der Waals surface area contributed by atoms with Crippen LogP contribution in [0.15, 0.2) is 41.3 Å². The largest absolute Gasteiger partial charge is 0.424 e. The van der Waals surface area contributed by atoms with Crippen molar-refractivity contribution in [1.82, 2.24) is 19.9 Å². The quantitative estimate of drug-likeness (QED) is 0.628. The Morgan fingerprint density at radius 1 is 1.09 bits per heavy atom. The monoisotopic (exact) mass is 386 g/mol. The maximum absolute atomic E-state index is 13.1. The molecule has 0 aliphatic rings. The second-order valence-corrected chi connectivity index (χ2v) is 5.56. The van der Waals surface area contributed by atoms with Crippen molar-refractivity contribution >= 4 is 38.4 Å². The smallest absolute Gasteiger partial charge is 0.381 e. The molecular formula is C13H6BrClF2N4O. The number of nitrogens with zero attached hydrogens (tertiary/aromatic N) is 4. The SMILES string of the molecule is FC(F)(Cl)c1ncc2c(Oc3ncc(Br)cn3)cccc2n1. The van der Waals surface area contributed by atoms with Gasteiger partial charge in [0.2, 0.25) is 5.82 Å². The Hall–Kier alpha value is -1.93. The van der Waals surface area contributed by atoms with E-state index < -0.39 is 11.2 Å². The fourth-order valence-electron chi connectivity index (χ4n) is 1.71. The van der Waals surface area contributed by atoms with Crippen LogP contribution in [-0.4, -0.2) is 19.9 Å². The molecule has 0 radical (unpaired) electrons. The summed E-state index contributed by atoms with van der Waals surface area (Å²) in [5.41, 5.74) is 0.278. The van der Waals surface area contributed by atoms with E-state index in [1.807, 2.05) is 0 Å². The van der Waals surface area contributed by atoms with Gasteiger partial charge in [-0.3, -0.25) is 0 Å². The molecular weight excluding hydrogens is 382 g/mol. The molecule has 0 fully saturated rings. The van der Waals surface area contributed by atoms with Gasteiger partial charge in [-0.1, -0.05) is 6.07 Å². The number of hydrogen-bond donors (Lipinski definition) is 0. The van der Waals surface area contributed by atoms with Crippen molar-refractivity contribution in [3.05, 3.63) is 47.1 Å². The summed E-state index contributed by atoms with van der Waals surface area (Å²) >= 11 is 8.14. The third kappa shape index (κ3) is 3.12. The molecule has 0 aliphatic heterocycles. The van der Waals surface area contributed by atoms with Gasteiger partial charge in [-0.15, -0.1) is 0 Å². The summed E-state index contributed by atoms with van der Waals surface area (Å²) in [7, 11) is 0. The molecule has 0 spiro atoms. The summed E-state index contributed by atoms with van der Waals surface area (Å²) in [6.45, 7) is 0. The highest BCUT2D eigenvalue weighted by molar-refractivity contribution is 9.10. The predicted octanol–water partition coefficient (Wildman–Crippen LogP) is 4.26. The van der Waals surface area contributed by atoms with Crippen LogP contribution in [0.3, 0.4) is 0 Å². The Balaban J connectivity index is 2.02. The lowest BCUT2D eigenvalue weighted by atomic mass is 10.2. The van der Waals surface area contributed by atoms with Crippen LogP contribution in [-0.2, 0) is 5.38 Å². The van der Waals surface area contributed by atoms with E-state index in [2.05, 4.69) is 35.9 Å². The highest BCUT2D eigenvalue weighted by atomic mass is 79.9. The molecule has 3 aromatic rings. The van der Waals surface area contributed by atoms with E-state index in [1.165, 1.54) is 18.6 Å². The van der Waals surface area contributed by atoms with Gasteiger partial charge >= 0.3 is 11.4 Å². The summed E-state index contributed by atoms with van der Waals surface area (Å²) < 4.78 is 32.3. The van der Waals surface area contributed by atoms with Gasteiger partial charge < -0.3 is 4.74 Å². The molecule has 2 heterocycles. The second kappa shape index (κ2) is 5.69. The van der Waals surface area contributed by atoms with Crippen molar-refractivity contribution in [1.29, 1.82) is 0 Å². The number of aromatic nitrogens is 4. The molecule has 3 rings (SSSR count). The standard InChI is InChI=1S/C13H6BrClF2N4O/c14-7-4-19-12(20-5-7)22-10-3-1-2-9-8(10)6-18-11(21-9)13(15,16)17/h1-6H. The van der Waals surface area contributed by atoms with Gasteiger partial charge in [-0.25, -0.2) is 19.9 Å². The molecule has 0 amide bonds. The first-order valence-corrected chi connectivity index (χ1v) is 7.09. The number of alkyl halides is 3. The van der Waals surface area contributed by atoms with Gasteiger partial charge in [0.25, 0.3) is 0 Å². The van der Waals surface area contributed by atoms with Crippen molar-refractivity contribution in [2.24, 2.45) is 0 Å². The van der Waals surface area contributed by atoms with Crippen LogP contribution in [0.4, 0.5) is 8.78 Å². The fourth-order valence-corrected chi connectivity index (χ4v) is 2.00. The summed E-state index contributed by atoms with van der Waals surface area (Å²) in [6, 6.07) is 4.91. The number of hydrogen-bond acceptors (Lipinski definition) is 5. The summed E-state index contributed by atoms with van der Waals surface area (Å²) in [6.07, 6.45) is 4.27. The maximum atomic E-state index is 13.1. The van der Waals surface area contributed by atoms with E-state index in [-0.39, 0.29) is 11.5 Å². The van der Waals surface area contributed by atoms with Crippen LogP contribution < -0.4 is 4.74 Å². The van der Waals surface area contributed by atoms with Crippen molar-refractivity contribution in [2.45, 2.75) is 5.38 Å². The molecule has 5 nitrogen and oxygen atoms in total. The normalized spacial score (nSPS) is 11.6. The third-order valence-corrected chi connectivity index (χ3v) is 3.22. The Labute approximate surface area is 136 Å². The van der Waals surface area contributed by atoms with Gasteiger partial charge in [0.15, 0.2) is 0 Å². The molecule has 1 aromatic carbocycles. The van der Waals surface area contributed by atoms with Crippen LogP contribution in [0.1, 0.15) is 5.82 Å². The third-order valence-electron chi connectivity index (χ3n) is 2.64. The van der Waals surface area contributed by atoms with E-state index in [9.17, 15) is 8.78 Å².